The monoisotopic (exact) mass is 282 g/mol. The van der Waals surface area contributed by atoms with E-state index in [9.17, 15) is 4.21 Å². The number of benzene rings is 1. The van der Waals surface area contributed by atoms with E-state index in [1.165, 1.54) is 0 Å². The summed E-state index contributed by atoms with van der Waals surface area (Å²) in [5.41, 5.74) is 0.722. The second-order valence-corrected chi connectivity index (χ2v) is 4.96. The summed E-state index contributed by atoms with van der Waals surface area (Å²) < 4.78 is 12.5. The van der Waals surface area contributed by atoms with Gasteiger partial charge in [0.2, 0.25) is 0 Å². The van der Waals surface area contributed by atoms with E-state index < -0.39 is 10.8 Å². The van der Waals surface area contributed by atoms with Crippen LogP contribution in [-0.2, 0) is 10.8 Å². The van der Waals surface area contributed by atoms with E-state index in [0.717, 1.165) is 10.5 Å². The Morgan fingerprint density at radius 2 is 1.93 bits per heavy atom. The predicted octanol–water partition coefficient (Wildman–Crippen LogP) is 3.77. The van der Waals surface area contributed by atoms with Crippen molar-refractivity contribution >= 4 is 26.7 Å². The third-order valence-corrected chi connectivity index (χ3v) is 3.97. The van der Waals surface area contributed by atoms with Gasteiger partial charge in [0.15, 0.2) is 0 Å². The molecule has 0 bridgehead atoms. The molecular weight excluding hydrogens is 272 g/mol. The Kier molecular flexibility index (Phi) is 4.72. The number of hydrogen-bond acceptors (Lipinski definition) is 1. The molecule has 0 radical (unpaired) electrons. The fourth-order valence-electron chi connectivity index (χ4n) is 0.890. The van der Waals surface area contributed by atoms with Crippen molar-refractivity contribution in [1.82, 2.24) is 0 Å². The van der Waals surface area contributed by atoms with E-state index in [2.05, 4.69) is 29.1 Å². The second kappa shape index (κ2) is 5.83. The highest BCUT2D eigenvalue weighted by Crippen LogP contribution is 2.19. The first-order valence-electron chi connectivity index (χ1n) is 4.30. The first-order chi connectivity index (χ1) is 7.15. The van der Waals surface area contributed by atoms with E-state index in [1.807, 2.05) is 30.3 Å². The average Bonchev–Trinajstić information content (AvgIpc) is 2.29. The maximum absolute atomic E-state index is 11.8. The van der Waals surface area contributed by atoms with Gasteiger partial charge in [-0.25, -0.2) is 4.21 Å². The topological polar surface area (TPSA) is 17.1 Å². The molecule has 1 atom stereocenters. The molecule has 15 heavy (non-hydrogen) atoms. The normalized spacial score (nSPS) is 13.3. The van der Waals surface area contributed by atoms with Gasteiger partial charge in [0, 0.05) is 14.8 Å². The van der Waals surface area contributed by atoms with E-state index in [-0.39, 0.29) is 0 Å². The van der Waals surface area contributed by atoms with E-state index >= 15 is 0 Å². The lowest BCUT2D eigenvalue weighted by molar-refractivity contribution is 0.688. The lowest BCUT2D eigenvalue weighted by Gasteiger charge is -1.99. The maximum Gasteiger partial charge on any atom is 0.0787 e. The highest BCUT2D eigenvalue weighted by molar-refractivity contribution is 9.12. The molecule has 0 aliphatic heterocycles. The first kappa shape index (κ1) is 12.1. The van der Waals surface area contributed by atoms with Crippen molar-refractivity contribution in [2.45, 2.75) is 4.90 Å². The molecule has 3 heteroatoms. The van der Waals surface area contributed by atoms with Gasteiger partial charge in [-0.2, -0.15) is 0 Å². The largest absolute Gasteiger partial charge is 0.250 e. The van der Waals surface area contributed by atoms with Gasteiger partial charge in [0.25, 0.3) is 0 Å². The summed E-state index contributed by atoms with van der Waals surface area (Å²) in [7, 11) is -1.15. The molecule has 0 heterocycles. The van der Waals surface area contributed by atoms with E-state index in [1.54, 1.807) is 11.5 Å². The van der Waals surface area contributed by atoms with Crippen LogP contribution in [0, 0.1) is 0 Å². The number of halogens is 1. The van der Waals surface area contributed by atoms with Crippen LogP contribution in [0.2, 0.25) is 0 Å². The van der Waals surface area contributed by atoms with Gasteiger partial charge >= 0.3 is 0 Å². The fraction of sp³-hybridized carbons (Fsp3) is 0. The molecule has 1 aromatic carbocycles. The van der Waals surface area contributed by atoms with Crippen molar-refractivity contribution in [2.75, 3.05) is 0 Å². The lowest BCUT2D eigenvalue weighted by Crippen LogP contribution is -1.87. The summed E-state index contributed by atoms with van der Waals surface area (Å²) in [6, 6.07) is 9.25. The molecule has 1 nitrogen and oxygen atoms in total. The van der Waals surface area contributed by atoms with Crippen LogP contribution in [0.4, 0.5) is 0 Å². The summed E-state index contributed by atoms with van der Waals surface area (Å²) in [6.45, 7) is 7.34. The summed E-state index contributed by atoms with van der Waals surface area (Å²) in [6.07, 6.45) is 1.61. The van der Waals surface area contributed by atoms with Crippen molar-refractivity contribution in [3.8, 4) is 0 Å². The summed E-state index contributed by atoms with van der Waals surface area (Å²) in [4.78, 5) is 0.770. The molecular formula is C12H11BrOS. The highest BCUT2D eigenvalue weighted by atomic mass is 79.9. The van der Waals surface area contributed by atoms with Crippen molar-refractivity contribution < 1.29 is 4.21 Å². The summed E-state index contributed by atoms with van der Waals surface area (Å²) >= 11 is 3.30. The van der Waals surface area contributed by atoms with Crippen molar-refractivity contribution in [3.05, 3.63) is 65.0 Å². The molecule has 0 aromatic heterocycles. The fourth-order valence-corrected chi connectivity index (χ4v) is 2.46. The summed E-state index contributed by atoms with van der Waals surface area (Å²) in [5.74, 6) is 0. The Morgan fingerprint density at radius 1 is 1.33 bits per heavy atom. The summed E-state index contributed by atoms with van der Waals surface area (Å²) in [5, 5.41) is 1.61. The number of rotatable bonds is 4. The molecule has 0 N–H and O–H groups in total. The van der Waals surface area contributed by atoms with Crippen LogP contribution in [0.3, 0.4) is 0 Å². The number of hydrogen-bond donors (Lipinski definition) is 0. The Morgan fingerprint density at radius 3 is 2.47 bits per heavy atom. The molecule has 0 saturated heterocycles. The molecule has 1 rings (SSSR count). The highest BCUT2D eigenvalue weighted by Gasteiger charge is 2.01. The molecule has 1 aromatic rings. The third kappa shape index (κ3) is 3.61. The Hall–Kier alpha value is -0.930. The molecule has 0 aliphatic rings. The quantitative estimate of drug-likeness (QED) is 0.769. The van der Waals surface area contributed by atoms with Crippen LogP contribution >= 0.6 is 15.9 Å². The van der Waals surface area contributed by atoms with Crippen LogP contribution in [0.1, 0.15) is 0 Å². The van der Waals surface area contributed by atoms with Crippen LogP contribution < -0.4 is 0 Å². The van der Waals surface area contributed by atoms with Gasteiger partial charge in [-0.05, 0) is 33.6 Å². The first-order valence-corrected chi connectivity index (χ1v) is 6.30. The molecule has 0 aliphatic carbocycles. The zero-order valence-electron chi connectivity index (χ0n) is 8.15. The molecule has 78 valence electrons. The molecule has 0 saturated carbocycles. The molecule has 0 spiro atoms. The van der Waals surface area contributed by atoms with Crippen molar-refractivity contribution in [3.63, 3.8) is 0 Å². The van der Waals surface area contributed by atoms with Gasteiger partial charge in [-0.3, -0.25) is 0 Å². The van der Waals surface area contributed by atoms with Crippen molar-refractivity contribution in [1.29, 1.82) is 0 Å². The maximum atomic E-state index is 11.8. The zero-order chi connectivity index (χ0) is 11.3. The minimum absolute atomic E-state index is 0.708. The molecule has 0 fully saturated rings. The van der Waals surface area contributed by atoms with Crippen LogP contribution in [0.25, 0.3) is 0 Å². The van der Waals surface area contributed by atoms with Gasteiger partial charge in [-0.15, -0.1) is 0 Å². The lowest BCUT2D eigenvalue weighted by atomic mass is 10.3. The SMILES string of the molecule is C=CC(=C)/C(Br)=C\S(=O)c1ccccc1. The van der Waals surface area contributed by atoms with Crippen LogP contribution in [0.5, 0.6) is 0 Å². The molecule has 1 unspecified atom stereocenters. The van der Waals surface area contributed by atoms with Gasteiger partial charge in [0.1, 0.15) is 0 Å². The van der Waals surface area contributed by atoms with E-state index in [0.29, 0.717) is 4.48 Å². The zero-order valence-corrected chi connectivity index (χ0v) is 10.6. The third-order valence-electron chi connectivity index (χ3n) is 1.74. The van der Waals surface area contributed by atoms with E-state index in [4.69, 9.17) is 0 Å². The van der Waals surface area contributed by atoms with Gasteiger partial charge in [-0.1, -0.05) is 37.4 Å². The Balaban J connectivity index is 2.89. The standard InChI is InChI=1S/C12H11BrOS/c1-3-10(2)12(13)9-15(14)11-7-5-4-6-8-11/h3-9H,1-2H2/b12-9+. The average molecular weight is 283 g/mol. The smallest absolute Gasteiger partial charge is 0.0787 e. The predicted molar refractivity (Wildman–Crippen MR) is 69.2 cm³/mol. The number of allylic oxidation sites excluding steroid dienone is 3. The molecule has 0 amide bonds. The Bertz CT molecular complexity index is 421. The van der Waals surface area contributed by atoms with Crippen LogP contribution in [-0.4, -0.2) is 4.21 Å². The minimum atomic E-state index is -1.15. The van der Waals surface area contributed by atoms with Gasteiger partial charge in [0.05, 0.1) is 10.8 Å². The second-order valence-electron chi connectivity index (χ2n) is 2.81. The Labute approximate surface area is 101 Å². The van der Waals surface area contributed by atoms with Gasteiger partial charge < -0.3 is 0 Å². The van der Waals surface area contributed by atoms with Crippen molar-refractivity contribution in [2.24, 2.45) is 0 Å². The minimum Gasteiger partial charge on any atom is -0.250 e. The van der Waals surface area contributed by atoms with Crippen LogP contribution in [0.15, 0.2) is 69.9 Å².